The topological polar surface area (TPSA) is 60.0 Å². The number of carbonyl (C=O) groups excluding carboxylic acids is 1. The maximum atomic E-state index is 12.0. The largest absolute Gasteiger partial charge is 0.494 e. The average Bonchev–Trinajstić information content (AvgIpc) is 3.07. The first-order valence-electron chi connectivity index (χ1n) is 11.1. The van der Waals surface area contributed by atoms with Gasteiger partial charge in [-0.15, -0.1) is 11.8 Å². The summed E-state index contributed by atoms with van der Waals surface area (Å²) in [6, 6.07) is 8.38. The molecular weight excluding hydrogens is 400 g/mol. The maximum Gasteiger partial charge on any atom is 0.229 e. The van der Waals surface area contributed by atoms with Crippen molar-refractivity contribution in [2.75, 3.05) is 44.4 Å². The highest BCUT2D eigenvalue weighted by Gasteiger charge is 2.32. The van der Waals surface area contributed by atoms with Gasteiger partial charge < -0.3 is 19.5 Å². The van der Waals surface area contributed by atoms with Gasteiger partial charge >= 0.3 is 0 Å². The van der Waals surface area contributed by atoms with Gasteiger partial charge in [0.2, 0.25) is 5.91 Å². The number of nitrogens with zero attached hydrogens (tertiary/aromatic N) is 1. The van der Waals surface area contributed by atoms with Crippen LogP contribution in [-0.2, 0) is 20.8 Å². The fraction of sp³-hybridized carbons (Fsp3) is 0.696. The Hall–Kier alpha value is -1.28. The van der Waals surface area contributed by atoms with Crippen LogP contribution in [0.25, 0.3) is 0 Å². The Morgan fingerprint density at radius 3 is 2.90 bits per heavy atom. The van der Waals surface area contributed by atoms with E-state index in [0.717, 1.165) is 24.5 Å². The summed E-state index contributed by atoms with van der Waals surface area (Å²) in [5.74, 6) is 1.68. The molecule has 2 heterocycles. The Bertz CT molecular complexity index is 664. The second-order valence-corrected chi connectivity index (χ2v) is 9.53. The van der Waals surface area contributed by atoms with E-state index in [1.807, 2.05) is 19.9 Å². The van der Waals surface area contributed by atoms with E-state index in [0.29, 0.717) is 25.5 Å². The van der Waals surface area contributed by atoms with Crippen molar-refractivity contribution in [3.63, 3.8) is 0 Å². The highest BCUT2D eigenvalue weighted by atomic mass is 32.2. The molecule has 1 amide bonds. The van der Waals surface area contributed by atoms with Gasteiger partial charge in [-0.2, -0.15) is 0 Å². The predicted octanol–water partition coefficient (Wildman–Crippen LogP) is 3.44. The van der Waals surface area contributed by atoms with Crippen LogP contribution in [0.4, 0.5) is 0 Å². The lowest BCUT2D eigenvalue weighted by Crippen LogP contribution is -2.29. The van der Waals surface area contributed by atoms with Gasteiger partial charge in [-0.25, -0.2) is 0 Å². The van der Waals surface area contributed by atoms with Crippen LogP contribution in [0.2, 0.25) is 0 Å². The van der Waals surface area contributed by atoms with Crippen LogP contribution in [0.5, 0.6) is 5.75 Å². The Morgan fingerprint density at radius 2 is 2.13 bits per heavy atom. The Morgan fingerprint density at radius 1 is 1.30 bits per heavy atom. The summed E-state index contributed by atoms with van der Waals surface area (Å²) in [5, 5.41) is 2.96. The van der Waals surface area contributed by atoms with Crippen molar-refractivity contribution in [3.05, 3.63) is 29.8 Å². The van der Waals surface area contributed by atoms with E-state index in [4.69, 9.17) is 14.2 Å². The molecule has 3 rings (SSSR count). The number of rotatable bonds is 11. The number of ether oxygens (including phenoxy) is 3. The normalized spacial score (nSPS) is 21.5. The van der Waals surface area contributed by atoms with E-state index < -0.39 is 5.79 Å². The number of hydrogen-bond donors (Lipinski definition) is 1. The van der Waals surface area contributed by atoms with Crippen molar-refractivity contribution in [1.82, 2.24) is 10.2 Å². The minimum Gasteiger partial charge on any atom is -0.494 e. The van der Waals surface area contributed by atoms with Crippen molar-refractivity contribution in [3.8, 4) is 5.75 Å². The molecule has 168 valence electrons. The third kappa shape index (κ3) is 8.46. The Balaban J connectivity index is 1.23. The first-order chi connectivity index (χ1) is 14.5. The molecule has 0 bridgehead atoms. The fourth-order valence-electron chi connectivity index (χ4n) is 3.78. The number of carbonyl (C=O) groups is 1. The molecule has 2 aliphatic heterocycles. The van der Waals surface area contributed by atoms with Crippen LogP contribution in [0.15, 0.2) is 24.3 Å². The first kappa shape index (κ1) is 23.4. The Kier molecular flexibility index (Phi) is 9.30. The molecule has 1 N–H and O–H groups in total. The highest BCUT2D eigenvalue weighted by Crippen LogP contribution is 2.24. The monoisotopic (exact) mass is 436 g/mol. The lowest BCUT2D eigenvalue weighted by atomic mass is 10.1. The average molecular weight is 437 g/mol. The zero-order chi connectivity index (χ0) is 21.2. The van der Waals surface area contributed by atoms with Crippen LogP contribution in [-0.4, -0.2) is 67.1 Å². The summed E-state index contributed by atoms with van der Waals surface area (Å²) in [6.45, 7) is 9.05. The summed E-state index contributed by atoms with van der Waals surface area (Å²) < 4.78 is 17.2. The zero-order valence-electron chi connectivity index (χ0n) is 18.4. The number of thioether (sulfide) groups is 1. The van der Waals surface area contributed by atoms with Gasteiger partial charge in [0.05, 0.1) is 25.1 Å². The molecule has 1 atom stereocenters. The van der Waals surface area contributed by atoms with E-state index in [2.05, 4.69) is 28.4 Å². The van der Waals surface area contributed by atoms with Gasteiger partial charge in [0.15, 0.2) is 5.79 Å². The minimum absolute atomic E-state index is 0.0571. The third-order valence-corrected chi connectivity index (χ3v) is 6.34. The van der Waals surface area contributed by atoms with Gasteiger partial charge in [0.1, 0.15) is 5.75 Å². The molecule has 0 saturated carbocycles. The highest BCUT2D eigenvalue weighted by molar-refractivity contribution is 7.99. The number of amides is 1. The predicted molar refractivity (Wildman–Crippen MR) is 121 cm³/mol. The van der Waals surface area contributed by atoms with Gasteiger partial charge in [-0.1, -0.05) is 18.6 Å². The summed E-state index contributed by atoms with van der Waals surface area (Å²) in [7, 11) is 0. The van der Waals surface area contributed by atoms with Crippen LogP contribution in [0, 0.1) is 0 Å². The quantitative estimate of drug-likeness (QED) is 0.536. The van der Waals surface area contributed by atoms with E-state index in [9.17, 15) is 4.79 Å². The second kappa shape index (κ2) is 11.9. The number of nitrogens with one attached hydrogen (secondary N) is 1. The lowest BCUT2D eigenvalue weighted by molar-refractivity contribution is -0.135. The maximum absolute atomic E-state index is 12.0. The van der Waals surface area contributed by atoms with E-state index in [1.54, 1.807) is 11.8 Å². The molecule has 7 heteroatoms. The molecule has 0 aliphatic carbocycles. The minimum atomic E-state index is -0.499. The summed E-state index contributed by atoms with van der Waals surface area (Å²) in [4.78, 5) is 14.5. The lowest BCUT2D eigenvalue weighted by Gasteiger charge is -2.26. The molecule has 2 aliphatic rings. The molecular formula is C23H36N2O4S. The number of hydrogen-bond acceptors (Lipinski definition) is 6. The first-order valence-corrected chi connectivity index (χ1v) is 12.3. The van der Waals surface area contributed by atoms with Crippen molar-refractivity contribution in [2.45, 2.75) is 58.0 Å². The summed E-state index contributed by atoms with van der Waals surface area (Å²) >= 11 is 1.58. The van der Waals surface area contributed by atoms with Crippen molar-refractivity contribution in [2.24, 2.45) is 0 Å². The molecule has 6 nitrogen and oxygen atoms in total. The molecule has 0 aromatic heterocycles. The fourth-order valence-corrected chi connectivity index (χ4v) is 4.61. The van der Waals surface area contributed by atoms with Crippen LogP contribution >= 0.6 is 11.8 Å². The van der Waals surface area contributed by atoms with Crippen LogP contribution in [0.3, 0.4) is 0 Å². The van der Waals surface area contributed by atoms with Crippen LogP contribution < -0.4 is 10.1 Å². The molecule has 30 heavy (non-hydrogen) atoms. The SMILES string of the molecule is CC1(C)OCC(CSCC(=O)NCCCOc2cccc(CN3CCCCC3)c2)O1. The van der Waals surface area contributed by atoms with Gasteiger partial charge in [0.25, 0.3) is 0 Å². The zero-order valence-corrected chi connectivity index (χ0v) is 19.2. The molecule has 2 saturated heterocycles. The smallest absolute Gasteiger partial charge is 0.229 e. The van der Waals surface area contributed by atoms with Gasteiger partial charge in [-0.3, -0.25) is 9.69 Å². The van der Waals surface area contributed by atoms with E-state index in [1.165, 1.54) is 37.9 Å². The number of benzene rings is 1. The Labute approximate surface area is 185 Å². The summed E-state index contributed by atoms with van der Waals surface area (Å²) in [5.41, 5.74) is 1.31. The molecule has 1 unspecified atom stereocenters. The molecule has 2 fully saturated rings. The van der Waals surface area contributed by atoms with E-state index in [-0.39, 0.29) is 12.0 Å². The molecule has 1 aromatic rings. The van der Waals surface area contributed by atoms with E-state index >= 15 is 0 Å². The number of likely N-dealkylation sites (tertiary alicyclic amines) is 1. The third-order valence-electron chi connectivity index (χ3n) is 5.27. The molecule has 0 radical (unpaired) electrons. The van der Waals surface area contributed by atoms with Gasteiger partial charge in [0, 0.05) is 18.8 Å². The molecule has 0 spiro atoms. The molecule has 1 aromatic carbocycles. The van der Waals surface area contributed by atoms with Crippen molar-refractivity contribution in [1.29, 1.82) is 0 Å². The second-order valence-electron chi connectivity index (χ2n) is 8.50. The van der Waals surface area contributed by atoms with Crippen LogP contribution in [0.1, 0.15) is 45.1 Å². The number of piperidine rings is 1. The van der Waals surface area contributed by atoms with Gasteiger partial charge in [-0.05, 0) is 63.9 Å². The standard InChI is InChI=1S/C23H36N2O4S/c1-23(2)28-16-21(29-23)17-30-18-22(26)24-10-7-13-27-20-9-6-8-19(14-20)15-25-11-4-3-5-12-25/h6,8-9,14,21H,3-5,7,10-13,15-18H2,1-2H3,(H,24,26). The summed E-state index contributed by atoms with van der Waals surface area (Å²) in [6.07, 6.45) is 4.83. The van der Waals surface area contributed by atoms with Crippen molar-refractivity contribution >= 4 is 17.7 Å². The van der Waals surface area contributed by atoms with Crippen molar-refractivity contribution < 1.29 is 19.0 Å².